The first-order chi connectivity index (χ1) is 9.36. The summed E-state index contributed by atoms with van der Waals surface area (Å²) in [6.45, 7) is 2.00. The number of hydrogen-bond donors (Lipinski definition) is 1. The van der Waals surface area contributed by atoms with Crippen molar-refractivity contribution >= 4 is 49.2 Å². The predicted molar refractivity (Wildman–Crippen MR) is 80.1 cm³/mol. The second-order valence-corrected chi connectivity index (χ2v) is 7.17. The molecule has 0 spiro atoms. The van der Waals surface area contributed by atoms with Gasteiger partial charge in [0.05, 0.1) is 17.7 Å². The number of carbonyl (C=O) groups excluding carboxylic acids is 1. The molecule has 20 heavy (non-hydrogen) atoms. The van der Waals surface area contributed by atoms with Crippen LogP contribution in [0, 0.1) is 0 Å². The molecular weight excluding hydrogens is 368 g/mol. The number of allylic oxidation sites excluding steroid dienone is 1. The Morgan fingerprint density at radius 3 is 2.80 bits per heavy atom. The van der Waals surface area contributed by atoms with Gasteiger partial charge < -0.3 is 4.74 Å². The van der Waals surface area contributed by atoms with Crippen LogP contribution in [0.4, 0.5) is 0 Å². The van der Waals surface area contributed by atoms with Gasteiger partial charge in [-0.3, -0.25) is 4.72 Å². The molecule has 0 aromatic carbocycles. The molecule has 0 amide bonds. The Hall–Kier alpha value is -1.19. The number of ether oxygens (including phenoxy) is 1. The highest BCUT2D eigenvalue weighted by Crippen LogP contribution is 2.29. The van der Waals surface area contributed by atoms with Crippen LogP contribution in [0.15, 0.2) is 26.7 Å². The first kappa shape index (κ1) is 15.2. The second kappa shape index (κ2) is 5.66. The Balaban J connectivity index is 2.50. The average molecular weight is 379 g/mol. The summed E-state index contributed by atoms with van der Waals surface area (Å²) in [6, 6.07) is 1.79. The fourth-order valence-electron chi connectivity index (χ4n) is 1.58. The van der Waals surface area contributed by atoms with Gasteiger partial charge in [-0.25, -0.2) is 4.79 Å². The molecule has 1 aromatic heterocycles. The van der Waals surface area contributed by atoms with E-state index in [1.807, 2.05) is 11.6 Å². The number of aryl methyl sites for hydroxylation is 1. The maximum absolute atomic E-state index is 11.7. The van der Waals surface area contributed by atoms with E-state index in [0.717, 1.165) is 15.8 Å². The van der Waals surface area contributed by atoms with E-state index in [4.69, 9.17) is 0 Å². The lowest BCUT2D eigenvalue weighted by atomic mass is 10.2. The average Bonchev–Trinajstić information content (AvgIpc) is 2.77. The van der Waals surface area contributed by atoms with Crippen molar-refractivity contribution in [2.75, 3.05) is 7.11 Å². The molecule has 1 aromatic rings. The summed E-state index contributed by atoms with van der Waals surface area (Å²) in [5, 5.41) is 0. The summed E-state index contributed by atoms with van der Waals surface area (Å²) in [4.78, 5) is 13.2. The van der Waals surface area contributed by atoms with Crippen LogP contribution in [0.5, 0.6) is 0 Å². The molecule has 0 bridgehead atoms. The van der Waals surface area contributed by atoms with Crippen LogP contribution in [-0.2, 0) is 26.2 Å². The van der Waals surface area contributed by atoms with Crippen molar-refractivity contribution in [3.05, 3.63) is 32.1 Å². The minimum Gasteiger partial charge on any atom is -0.464 e. The summed E-state index contributed by atoms with van der Waals surface area (Å²) < 4.78 is 34.4. The van der Waals surface area contributed by atoms with E-state index in [9.17, 15) is 13.2 Å². The molecule has 6 nitrogen and oxygen atoms in total. The molecular formula is C11H11BrN2O4S2. The van der Waals surface area contributed by atoms with Crippen LogP contribution in [0.3, 0.4) is 0 Å². The topological polar surface area (TPSA) is 84.8 Å². The van der Waals surface area contributed by atoms with E-state index >= 15 is 0 Å². The van der Waals surface area contributed by atoms with Crippen molar-refractivity contribution in [2.45, 2.75) is 13.3 Å². The van der Waals surface area contributed by atoms with Gasteiger partial charge in [0.2, 0.25) is 0 Å². The zero-order chi connectivity index (χ0) is 14.9. The largest absolute Gasteiger partial charge is 0.464 e. The summed E-state index contributed by atoms with van der Waals surface area (Å²) >= 11 is 4.83. The Morgan fingerprint density at radius 1 is 1.55 bits per heavy atom. The molecule has 0 saturated heterocycles. The quantitative estimate of drug-likeness (QED) is 0.812. The van der Waals surface area contributed by atoms with Crippen LogP contribution in [-0.4, -0.2) is 27.2 Å². The third-order valence-corrected chi connectivity index (χ3v) is 5.66. The molecule has 1 aliphatic rings. The van der Waals surface area contributed by atoms with Crippen molar-refractivity contribution in [1.29, 1.82) is 0 Å². The highest BCUT2D eigenvalue weighted by Gasteiger charge is 2.25. The first-order valence-corrected chi connectivity index (χ1v) is 8.62. The zero-order valence-corrected chi connectivity index (χ0v) is 13.9. The lowest BCUT2D eigenvalue weighted by Crippen LogP contribution is -2.31. The zero-order valence-electron chi connectivity index (χ0n) is 10.6. The van der Waals surface area contributed by atoms with Gasteiger partial charge in [-0.05, 0) is 34.5 Å². The van der Waals surface area contributed by atoms with Crippen LogP contribution >= 0.6 is 27.3 Å². The van der Waals surface area contributed by atoms with E-state index < -0.39 is 16.2 Å². The number of hydrogen-bond acceptors (Lipinski definition) is 5. The van der Waals surface area contributed by atoms with E-state index in [2.05, 4.69) is 25.1 Å². The van der Waals surface area contributed by atoms with E-state index in [1.54, 1.807) is 6.07 Å². The van der Waals surface area contributed by atoms with Crippen LogP contribution in [0.1, 0.15) is 16.7 Å². The number of carbonyl (C=O) groups is 1. The van der Waals surface area contributed by atoms with E-state index in [-0.39, 0.29) is 11.4 Å². The Morgan fingerprint density at radius 2 is 2.25 bits per heavy atom. The summed E-state index contributed by atoms with van der Waals surface area (Å²) in [7, 11) is -2.75. The summed E-state index contributed by atoms with van der Waals surface area (Å²) in [5.74, 6) is -0.757. The lowest BCUT2D eigenvalue weighted by Gasteiger charge is -2.12. The van der Waals surface area contributed by atoms with E-state index in [0.29, 0.717) is 4.88 Å². The minimum absolute atomic E-state index is 0.153. The van der Waals surface area contributed by atoms with Crippen molar-refractivity contribution in [2.24, 2.45) is 4.40 Å². The normalized spacial score (nSPS) is 16.9. The Bertz CT molecular complexity index is 719. The van der Waals surface area contributed by atoms with Gasteiger partial charge in [-0.15, -0.1) is 15.7 Å². The van der Waals surface area contributed by atoms with Crippen LogP contribution in [0.2, 0.25) is 0 Å². The van der Waals surface area contributed by atoms with Gasteiger partial charge in [0, 0.05) is 9.35 Å². The summed E-state index contributed by atoms with van der Waals surface area (Å²) in [5.41, 5.74) is 0.0645. The van der Waals surface area contributed by atoms with Crippen molar-refractivity contribution in [3.8, 4) is 0 Å². The third kappa shape index (κ3) is 3.10. The molecule has 1 N–H and O–H groups in total. The first-order valence-electron chi connectivity index (χ1n) is 5.57. The number of rotatable bonds is 3. The van der Waals surface area contributed by atoms with Crippen molar-refractivity contribution in [1.82, 2.24) is 4.72 Å². The minimum atomic E-state index is -3.93. The molecule has 9 heteroatoms. The molecule has 0 fully saturated rings. The second-order valence-electron chi connectivity index (χ2n) is 3.84. The lowest BCUT2D eigenvalue weighted by molar-refractivity contribution is -0.136. The summed E-state index contributed by atoms with van der Waals surface area (Å²) in [6.07, 6.45) is 2.18. The monoisotopic (exact) mass is 378 g/mol. The number of methoxy groups -OCH3 is 1. The number of nitrogens with one attached hydrogen (secondary N) is 1. The Kier molecular flexibility index (Phi) is 4.31. The number of halogens is 1. The maximum Gasteiger partial charge on any atom is 0.355 e. The van der Waals surface area contributed by atoms with Gasteiger partial charge in [-0.2, -0.15) is 8.42 Å². The van der Waals surface area contributed by atoms with Crippen LogP contribution in [0.25, 0.3) is 0 Å². The number of nitrogens with zero attached hydrogens (tertiary/aromatic N) is 1. The van der Waals surface area contributed by atoms with Gasteiger partial charge in [0.1, 0.15) is 5.70 Å². The molecule has 2 heterocycles. The fraction of sp³-hybridized carbons (Fsp3) is 0.273. The smallest absolute Gasteiger partial charge is 0.355 e. The van der Waals surface area contributed by atoms with E-state index in [1.165, 1.54) is 24.5 Å². The molecule has 2 rings (SSSR count). The van der Waals surface area contributed by atoms with Crippen molar-refractivity contribution < 1.29 is 17.9 Å². The number of thiophene rings is 1. The molecule has 1 aliphatic heterocycles. The predicted octanol–water partition coefficient (Wildman–Crippen LogP) is 1.77. The van der Waals surface area contributed by atoms with Gasteiger partial charge in [0.15, 0.2) is 0 Å². The third-order valence-electron chi connectivity index (χ3n) is 2.47. The Labute approximate surface area is 128 Å². The van der Waals surface area contributed by atoms with Gasteiger partial charge in [0.25, 0.3) is 0 Å². The molecule has 0 aliphatic carbocycles. The molecule has 0 unspecified atom stereocenters. The van der Waals surface area contributed by atoms with Gasteiger partial charge in [-0.1, -0.05) is 6.92 Å². The maximum atomic E-state index is 11.7. The highest BCUT2D eigenvalue weighted by atomic mass is 79.9. The number of esters is 1. The van der Waals surface area contributed by atoms with Crippen molar-refractivity contribution in [3.63, 3.8) is 0 Å². The molecule has 0 atom stereocenters. The SMILES string of the molecule is CCc1sc(C2=NS(=O)(=O)NC(C(=O)OC)=C2)cc1Br. The standard InChI is InChI=1S/C11H11BrN2O4S2/c1-3-9-6(12)4-10(19-9)7-5-8(11(15)18-2)14-20(16,17)13-7/h4-5,14H,3H2,1-2H3. The molecule has 0 radical (unpaired) electrons. The molecule has 108 valence electrons. The van der Waals surface area contributed by atoms with Gasteiger partial charge >= 0.3 is 16.2 Å². The highest BCUT2D eigenvalue weighted by molar-refractivity contribution is 9.10. The molecule has 0 saturated carbocycles. The van der Waals surface area contributed by atoms with Crippen LogP contribution < -0.4 is 4.72 Å². The fourth-order valence-corrected chi connectivity index (χ4v) is 4.37.